The molecule has 3 aromatic rings. The third-order valence-corrected chi connectivity index (χ3v) is 8.52. The molecule has 4 rings (SSSR count). The SMILES string of the molecule is CCn1c(C(C)(F)F)cc2nc(-c3ccc(C4(C(N)=O)CC4)cc3S(=N)(=O)CC)n(C)c2c1=O. The third-order valence-electron chi connectivity index (χ3n) is 6.66. The van der Waals surface area contributed by atoms with Crippen LogP contribution in [0.25, 0.3) is 22.4 Å². The minimum Gasteiger partial charge on any atom is -0.369 e. The van der Waals surface area contributed by atoms with Crippen molar-refractivity contribution in [3.8, 4) is 11.4 Å². The Morgan fingerprint density at radius 1 is 1.29 bits per heavy atom. The van der Waals surface area contributed by atoms with Gasteiger partial charge in [-0.2, -0.15) is 0 Å². The number of nitrogens with one attached hydrogen (secondary N) is 1. The van der Waals surface area contributed by atoms with Crippen LogP contribution in [0.2, 0.25) is 0 Å². The molecule has 11 heteroatoms. The number of halogens is 2. The number of primary amides is 1. The Balaban J connectivity index is 2.03. The number of imidazole rings is 1. The number of carbonyl (C=O) groups is 1. The number of rotatable bonds is 7. The molecule has 34 heavy (non-hydrogen) atoms. The van der Waals surface area contributed by atoms with Crippen LogP contribution in [0.15, 0.2) is 34.0 Å². The average molecular weight is 492 g/mol. The molecule has 2 heterocycles. The minimum atomic E-state index is -3.28. The van der Waals surface area contributed by atoms with Crippen molar-refractivity contribution in [1.29, 1.82) is 4.78 Å². The number of alkyl halides is 2. The molecular weight excluding hydrogens is 464 g/mol. The van der Waals surface area contributed by atoms with Crippen molar-refractivity contribution < 1.29 is 17.8 Å². The third kappa shape index (κ3) is 3.53. The second-order valence-corrected chi connectivity index (χ2v) is 11.2. The summed E-state index contributed by atoms with van der Waals surface area (Å²) >= 11 is 0. The molecule has 0 radical (unpaired) electrons. The Morgan fingerprint density at radius 2 is 1.94 bits per heavy atom. The molecule has 0 saturated heterocycles. The highest BCUT2D eigenvalue weighted by molar-refractivity contribution is 7.92. The quantitative estimate of drug-likeness (QED) is 0.525. The van der Waals surface area contributed by atoms with Gasteiger partial charge < -0.3 is 14.9 Å². The number of amides is 1. The fourth-order valence-corrected chi connectivity index (χ4v) is 5.61. The van der Waals surface area contributed by atoms with Crippen LogP contribution < -0.4 is 11.3 Å². The Kier molecular flexibility index (Phi) is 5.47. The summed E-state index contributed by atoms with van der Waals surface area (Å²) < 4.78 is 52.7. The number of aryl methyl sites for hydroxylation is 1. The Labute approximate surface area is 195 Å². The lowest BCUT2D eigenvalue weighted by molar-refractivity contribution is -0.120. The molecule has 0 bridgehead atoms. The second-order valence-electron chi connectivity index (χ2n) is 8.82. The number of carbonyl (C=O) groups excluding carboxylic acids is 1. The van der Waals surface area contributed by atoms with Crippen molar-refractivity contribution in [3.63, 3.8) is 0 Å². The van der Waals surface area contributed by atoms with Crippen molar-refractivity contribution in [2.45, 2.75) is 56.4 Å². The molecule has 0 aliphatic heterocycles. The fraction of sp³-hybridized carbons (Fsp3) is 0.435. The number of aromatic nitrogens is 3. The molecule has 1 aliphatic rings. The number of benzene rings is 1. The van der Waals surface area contributed by atoms with E-state index in [-0.39, 0.29) is 34.1 Å². The Hall–Kier alpha value is -3.08. The summed E-state index contributed by atoms with van der Waals surface area (Å²) in [4.78, 5) is 29.8. The topological polar surface area (TPSA) is 124 Å². The number of nitrogens with zero attached hydrogens (tertiary/aromatic N) is 3. The molecule has 3 N–H and O–H groups in total. The van der Waals surface area contributed by atoms with Gasteiger partial charge in [0.2, 0.25) is 5.91 Å². The van der Waals surface area contributed by atoms with Crippen LogP contribution in [-0.4, -0.2) is 30.0 Å². The van der Waals surface area contributed by atoms with Crippen molar-refractivity contribution in [2.75, 3.05) is 5.75 Å². The van der Waals surface area contributed by atoms with Crippen LogP contribution >= 0.6 is 0 Å². The van der Waals surface area contributed by atoms with Crippen LogP contribution in [0.4, 0.5) is 8.78 Å². The molecule has 1 atom stereocenters. The molecule has 8 nitrogen and oxygen atoms in total. The highest BCUT2D eigenvalue weighted by Crippen LogP contribution is 2.49. The lowest BCUT2D eigenvalue weighted by Crippen LogP contribution is -2.29. The van der Waals surface area contributed by atoms with Crippen LogP contribution in [0.1, 0.15) is 44.9 Å². The van der Waals surface area contributed by atoms with Gasteiger partial charge in [0.25, 0.3) is 11.5 Å². The van der Waals surface area contributed by atoms with E-state index in [1.165, 1.54) is 10.6 Å². The maximum Gasteiger partial charge on any atom is 0.285 e. The van der Waals surface area contributed by atoms with Gasteiger partial charge in [-0.1, -0.05) is 13.0 Å². The van der Waals surface area contributed by atoms with E-state index in [0.29, 0.717) is 24.0 Å². The lowest BCUT2D eigenvalue weighted by Gasteiger charge is -2.17. The predicted octanol–water partition coefficient (Wildman–Crippen LogP) is 3.48. The molecule has 1 unspecified atom stereocenters. The number of pyridine rings is 1. The summed E-state index contributed by atoms with van der Waals surface area (Å²) in [5.41, 5.74) is 4.87. The largest absolute Gasteiger partial charge is 0.369 e. The number of hydrogen-bond acceptors (Lipinski definition) is 5. The van der Waals surface area contributed by atoms with Crippen molar-refractivity contribution in [2.24, 2.45) is 12.8 Å². The first kappa shape index (κ1) is 24.1. The first-order chi connectivity index (χ1) is 15.8. The first-order valence-electron chi connectivity index (χ1n) is 11.0. The van der Waals surface area contributed by atoms with Crippen molar-refractivity contribution in [1.82, 2.24) is 14.1 Å². The van der Waals surface area contributed by atoms with Crippen molar-refractivity contribution >= 4 is 26.7 Å². The minimum absolute atomic E-state index is 0.0197. The summed E-state index contributed by atoms with van der Waals surface area (Å²) in [6.45, 7) is 4.01. The highest BCUT2D eigenvalue weighted by atomic mass is 32.2. The normalized spacial score (nSPS) is 17.0. The number of hydrogen-bond donors (Lipinski definition) is 2. The summed E-state index contributed by atoms with van der Waals surface area (Å²) in [5, 5.41) is 0. The van der Waals surface area contributed by atoms with Crippen LogP contribution in [-0.2, 0) is 39.5 Å². The van der Waals surface area contributed by atoms with Gasteiger partial charge in [-0.25, -0.2) is 22.8 Å². The molecule has 182 valence electrons. The van der Waals surface area contributed by atoms with Crippen LogP contribution in [0.5, 0.6) is 0 Å². The smallest absolute Gasteiger partial charge is 0.285 e. The van der Waals surface area contributed by atoms with Gasteiger partial charge in [0.15, 0.2) is 0 Å². The average Bonchev–Trinajstić information content (AvgIpc) is 3.52. The zero-order chi connectivity index (χ0) is 25.2. The van der Waals surface area contributed by atoms with Gasteiger partial charge in [-0.05, 0) is 43.5 Å². The molecule has 1 fully saturated rings. The molecule has 1 amide bonds. The Morgan fingerprint density at radius 3 is 2.44 bits per heavy atom. The van der Waals surface area contributed by atoms with Crippen LogP contribution in [0.3, 0.4) is 0 Å². The van der Waals surface area contributed by atoms with E-state index in [0.717, 1.165) is 11.5 Å². The van der Waals surface area contributed by atoms with E-state index >= 15 is 0 Å². The van der Waals surface area contributed by atoms with Crippen molar-refractivity contribution in [3.05, 3.63) is 45.9 Å². The van der Waals surface area contributed by atoms with E-state index in [9.17, 15) is 22.6 Å². The molecule has 1 aromatic carbocycles. The van der Waals surface area contributed by atoms with Gasteiger partial charge >= 0.3 is 0 Å². The second kappa shape index (κ2) is 7.72. The summed E-state index contributed by atoms with van der Waals surface area (Å²) in [5.74, 6) is -3.48. The Bertz CT molecular complexity index is 1500. The zero-order valence-corrected chi connectivity index (χ0v) is 20.3. The van der Waals surface area contributed by atoms with E-state index in [1.54, 1.807) is 39.1 Å². The molecule has 1 aliphatic carbocycles. The van der Waals surface area contributed by atoms with E-state index in [2.05, 4.69) is 4.98 Å². The standard InChI is InChI=1S/C23H27F2N5O3S/c1-5-30-17(22(3,24)25)12-15-18(20(30)31)29(4)19(28-15)14-8-7-13(23(9-10-23)21(26)32)11-16(14)34(27,33)6-2/h7-8,11-12,27H,5-6,9-10H2,1-4H3,(H2,26,32). The van der Waals surface area contributed by atoms with Gasteiger partial charge in [0, 0.05) is 31.8 Å². The predicted molar refractivity (Wildman–Crippen MR) is 125 cm³/mol. The van der Waals surface area contributed by atoms with Crippen LogP contribution in [0, 0.1) is 4.78 Å². The number of fused-ring (bicyclic) bond motifs is 1. The summed E-state index contributed by atoms with van der Waals surface area (Å²) in [6, 6.07) is 6.08. The monoisotopic (exact) mass is 491 g/mol. The molecule has 0 spiro atoms. The number of nitrogens with two attached hydrogens (primary N) is 1. The van der Waals surface area contributed by atoms with Gasteiger partial charge in [0.1, 0.15) is 11.3 Å². The fourth-order valence-electron chi connectivity index (χ4n) is 4.47. The van der Waals surface area contributed by atoms with E-state index in [1.807, 2.05) is 0 Å². The first-order valence-corrected chi connectivity index (χ1v) is 12.7. The van der Waals surface area contributed by atoms with Gasteiger partial charge in [0.05, 0.1) is 31.3 Å². The molecule has 2 aromatic heterocycles. The van der Waals surface area contributed by atoms with Gasteiger partial charge in [-0.15, -0.1) is 0 Å². The molecular formula is C23H27F2N5O3S. The maximum atomic E-state index is 14.2. The summed E-state index contributed by atoms with van der Waals surface area (Å²) in [6.07, 6.45) is 1.15. The lowest BCUT2D eigenvalue weighted by atomic mass is 9.94. The maximum absolute atomic E-state index is 14.2. The zero-order valence-electron chi connectivity index (χ0n) is 19.4. The molecule has 1 saturated carbocycles. The highest BCUT2D eigenvalue weighted by Gasteiger charge is 2.50. The van der Waals surface area contributed by atoms with E-state index in [4.69, 9.17) is 10.5 Å². The van der Waals surface area contributed by atoms with Gasteiger partial charge in [-0.3, -0.25) is 9.59 Å². The summed E-state index contributed by atoms with van der Waals surface area (Å²) in [7, 11) is -1.69. The van der Waals surface area contributed by atoms with E-state index < -0.39 is 38.2 Å².